The van der Waals surface area contributed by atoms with E-state index in [2.05, 4.69) is 20.8 Å². The van der Waals surface area contributed by atoms with Gasteiger partial charge in [-0.15, -0.1) is 28.6 Å². The fourth-order valence-corrected chi connectivity index (χ4v) is 7.08. The maximum absolute atomic E-state index is 12.7. The van der Waals surface area contributed by atoms with E-state index in [9.17, 15) is 28.9 Å². The Balaban J connectivity index is 1.67. The lowest BCUT2D eigenvalue weighted by molar-refractivity contribution is -0.150. The molecular weight excluding hydrogens is 529 g/mol. The predicted molar refractivity (Wildman–Crippen MR) is 123 cm³/mol. The zero-order valence-corrected chi connectivity index (χ0v) is 21.0. The Labute approximate surface area is 206 Å². The number of carboxylic acids is 1. The number of thioether (sulfide) groups is 3. The first-order valence-corrected chi connectivity index (χ1v) is 14.6. The molecule has 0 aliphatic carbocycles. The lowest BCUT2D eigenvalue weighted by atomic mass is 10.0. The van der Waals surface area contributed by atoms with Crippen LogP contribution in [-0.4, -0.2) is 93.9 Å². The second-order valence-electron chi connectivity index (χ2n) is 6.81. The van der Waals surface area contributed by atoms with Crippen molar-refractivity contribution in [2.75, 3.05) is 29.6 Å². The smallest absolute Gasteiger partial charge is 0.352 e. The maximum atomic E-state index is 12.7. The molecule has 1 fully saturated rings. The first-order valence-electron chi connectivity index (χ1n) is 9.68. The highest BCUT2D eigenvalue weighted by Gasteiger charge is 2.54. The van der Waals surface area contributed by atoms with Crippen LogP contribution in [0.4, 0.5) is 0 Å². The summed E-state index contributed by atoms with van der Waals surface area (Å²) < 4.78 is 17.9. The topological polar surface area (TPSA) is 201 Å². The van der Waals surface area contributed by atoms with Gasteiger partial charge >= 0.3 is 13.6 Å². The molecule has 0 radical (unpaired) electrons. The molecule has 1 aromatic rings. The van der Waals surface area contributed by atoms with Crippen molar-refractivity contribution < 1.29 is 33.5 Å². The van der Waals surface area contributed by atoms with Gasteiger partial charge in [0.25, 0.3) is 5.91 Å². The molecule has 0 spiro atoms. The van der Waals surface area contributed by atoms with Crippen LogP contribution in [0.3, 0.4) is 0 Å². The molecule has 0 bridgehead atoms. The number of β-lactam (4-membered cyclic amide) rings is 1. The normalized spacial score (nSPS) is 21.3. The maximum Gasteiger partial charge on any atom is 0.352 e. The summed E-state index contributed by atoms with van der Waals surface area (Å²) in [6, 6.07) is 1.07. The Morgan fingerprint density at radius 1 is 1.47 bits per heavy atom. The summed E-state index contributed by atoms with van der Waals surface area (Å²) >= 11 is 3.49. The summed E-state index contributed by atoms with van der Waals surface area (Å²) in [7, 11) is -3.94. The van der Waals surface area contributed by atoms with Crippen LogP contribution in [0.5, 0.6) is 0 Å². The zero-order chi connectivity index (χ0) is 24.9. The highest BCUT2D eigenvalue weighted by atomic mass is 32.2. The van der Waals surface area contributed by atoms with Crippen LogP contribution >= 0.6 is 42.9 Å². The second kappa shape index (κ2) is 11.6. The molecule has 3 N–H and O–H groups in total. The fraction of sp³-hybridized carbons (Fsp3) is 0.562. The number of amides is 2. The van der Waals surface area contributed by atoms with Gasteiger partial charge in [0.2, 0.25) is 11.1 Å². The Morgan fingerprint density at radius 2 is 2.24 bits per heavy atom. The summed E-state index contributed by atoms with van der Waals surface area (Å²) in [6.45, 7) is 1.61. The van der Waals surface area contributed by atoms with Crippen LogP contribution in [0, 0.1) is 11.3 Å². The third-order valence-corrected chi connectivity index (χ3v) is 8.95. The Hall–Kier alpha value is -2.09. The van der Waals surface area contributed by atoms with E-state index in [1.807, 2.05) is 6.07 Å². The molecule has 3 atom stereocenters. The van der Waals surface area contributed by atoms with E-state index in [0.717, 1.165) is 33.1 Å². The largest absolute Gasteiger partial charge is 0.477 e. The van der Waals surface area contributed by atoms with Crippen LogP contribution in [0.15, 0.2) is 16.4 Å². The highest BCUT2D eigenvalue weighted by Crippen LogP contribution is 2.44. The van der Waals surface area contributed by atoms with Crippen molar-refractivity contribution in [3.05, 3.63) is 11.3 Å². The number of carbonyl (C=O) groups is 3. The number of carboxylic acid groups (broad SMARTS) is 1. The van der Waals surface area contributed by atoms with E-state index in [4.69, 9.17) is 9.79 Å². The number of tetrazole rings is 1. The van der Waals surface area contributed by atoms with Gasteiger partial charge < -0.3 is 19.8 Å². The van der Waals surface area contributed by atoms with E-state index in [1.165, 1.54) is 11.8 Å². The van der Waals surface area contributed by atoms with E-state index in [0.29, 0.717) is 5.57 Å². The molecule has 34 heavy (non-hydrogen) atoms. The average Bonchev–Trinajstić information content (AvgIpc) is 3.21. The number of nitriles is 1. The SMILES string of the molecule is CCOP(=O)(O)Cn1nnnc1SCC1=C(C(=O)O)N2C(=O)[C@@H](NC(=O)CSCC#N)[C@H]2SC1. The number of aromatic nitrogens is 4. The Kier molecular flexibility index (Phi) is 9.01. The molecule has 2 amide bonds. The fourth-order valence-electron chi connectivity index (χ4n) is 3.15. The van der Waals surface area contributed by atoms with E-state index >= 15 is 0 Å². The molecular formula is C16H20N7O7PS3. The van der Waals surface area contributed by atoms with Crippen molar-refractivity contribution in [3.8, 4) is 6.07 Å². The monoisotopic (exact) mass is 549 g/mol. The molecule has 0 saturated carbocycles. The number of aliphatic carboxylic acids is 1. The minimum Gasteiger partial charge on any atom is -0.477 e. The quantitative estimate of drug-likeness (QED) is 0.135. The summed E-state index contributed by atoms with van der Waals surface area (Å²) in [4.78, 5) is 47.6. The summed E-state index contributed by atoms with van der Waals surface area (Å²) in [5, 5.41) is 31.5. The molecule has 14 nitrogen and oxygen atoms in total. The van der Waals surface area contributed by atoms with Gasteiger partial charge in [0.05, 0.1) is 24.2 Å². The van der Waals surface area contributed by atoms with Gasteiger partial charge in [0.1, 0.15) is 23.4 Å². The van der Waals surface area contributed by atoms with Crippen molar-refractivity contribution in [1.29, 1.82) is 5.26 Å². The molecule has 184 valence electrons. The standard InChI is InChI=1S/C16H20N7O7PS3/c1-2-30-31(28,29)8-22-16(19-20-21-22)34-6-9-5-33-14-11(18-10(24)7-32-4-3-17)13(25)23(14)12(9)15(26)27/h11,14H,2,4-8H2,1H3,(H,18,24)(H,26,27)(H,28,29)/t11-,14-/m1/s1. The Bertz CT molecular complexity index is 1090. The zero-order valence-electron chi connectivity index (χ0n) is 17.7. The van der Waals surface area contributed by atoms with Crippen molar-refractivity contribution >= 4 is 60.7 Å². The lowest BCUT2D eigenvalue weighted by Gasteiger charge is -2.49. The molecule has 3 rings (SSSR count). The molecule has 1 aromatic heterocycles. The van der Waals surface area contributed by atoms with Crippen LogP contribution < -0.4 is 5.32 Å². The van der Waals surface area contributed by atoms with Crippen molar-refractivity contribution in [2.24, 2.45) is 0 Å². The molecule has 1 unspecified atom stereocenters. The average molecular weight is 550 g/mol. The third kappa shape index (κ3) is 6.12. The van der Waals surface area contributed by atoms with E-state index < -0.39 is 43.1 Å². The molecule has 18 heteroatoms. The van der Waals surface area contributed by atoms with Crippen LogP contribution in [-0.2, 0) is 29.8 Å². The third-order valence-electron chi connectivity index (χ3n) is 4.48. The first kappa shape index (κ1) is 26.5. The number of carbonyl (C=O) groups excluding carboxylic acids is 2. The van der Waals surface area contributed by atoms with Gasteiger partial charge in [-0.25, -0.2) is 9.48 Å². The van der Waals surface area contributed by atoms with Gasteiger partial charge in [-0.1, -0.05) is 11.8 Å². The molecule has 0 aromatic carbocycles. The van der Waals surface area contributed by atoms with Crippen molar-refractivity contribution in [2.45, 2.75) is 29.8 Å². The second-order valence-corrected chi connectivity index (χ2v) is 11.7. The first-order chi connectivity index (χ1) is 16.2. The van der Waals surface area contributed by atoms with Gasteiger partial charge in [-0.3, -0.25) is 19.1 Å². The van der Waals surface area contributed by atoms with Gasteiger partial charge in [-0.05, 0) is 22.9 Å². The van der Waals surface area contributed by atoms with Gasteiger partial charge in [0, 0.05) is 11.5 Å². The lowest BCUT2D eigenvalue weighted by Crippen LogP contribution is -2.70. The number of nitrogens with zero attached hydrogens (tertiary/aromatic N) is 6. The summed E-state index contributed by atoms with van der Waals surface area (Å²) in [5.74, 6) is -1.63. The summed E-state index contributed by atoms with van der Waals surface area (Å²) in [6.07, 6.45) is -0.462. The van der Waals surface area contributed by atoms with Gasteiger partial charge in [-0.2, -0.15) is 5.26 Å². The molecule has 2 aliphatic heterocycles. The van der Waals surface area contributed by atoms with E-state index in [1.54, 1.807) is 6.92 Å². The Morgan fingerprint density at radius 3 is 2.91 bits per heavy atom. The van der Waals surface area contributed by atoms with Crippen LogP contribution in [0.2, 0.25) is 0 Å². The highest BCUT2D eigenvalue weighted by molar-refractivity contribution is 8.01. The number of hydrogen-bond acceptors (Lipinski definition) is 12. The number of fused-ring (bicyclic) bond motifs is 1. The van der Waals surface area contributed by atoms with Crippen molar-refractivity contribution in [1.82, 2.24) is 30.4 Å². The predicted octanol–water partition coefficient (Wildman–Crippen LogP) is -0.0600. The van der Waals surface area contributed by atoms with Crippen molar-refractivity contribution in [3.63, 3.8) is 0 Å². The van der Waals surface area contributed by atoms with Crippen LogP contribution in [0.25, 0.3) is 0 Å². The molecule has 3 heterocycles. The minimum atomic E-state index is -3.94. The number of hydrogen-bond donors (Lipinski definition) is 3. The molecule has 1 saturated heterocycles. The minimum absolute atomic E-state index is 0.0248. The van der Waals surface area contributed by atoms with Crippen LogP contribution in [0.1, 0.15) is 6.92 Å². The number of rotatable bonds is 12. The summed E-state index contributed by atoms with van der Waals surface area (Å²) in [5.41, 5.74) is 0.291. The van der Waals surface area contributed by atoms with Gasteiger partial charge in [0.15, 0.2) is 0 Å². The molecule has 2 aliphatic rings. The van der Waals surface area contributed by atoms with E-state index in [-0.39, 0.29) is 40.5 Å². The number of nitrogens with one attached hydrogen (secondary N) is 1.